The van der Waals surface area contributed by atoms with Gasteiger partial charge in [0.25, 0.3) is 0 Å². The maximum atomic E-state index is 13.7. The molecule has 0 aliphatic carbocycles. The van der Waals surface area contributed by atoms with Gasteiger partial charge < -0.3 is 9.88 Å². The van der Waals surface area contributed by atoms with E-state index in [0.29, 0.717) is 24.6 Å². The molecule has 1 N–H and O–H groups in total. The van der Waals surface area contributed by atoms with Crippen LogP contribution in [0.3, 0.4) is 0 Å². The van der Waals surface area contributed by atoms with E-state index < -0.39 is 17.5 Å². The second-order valence-corrected chi connectivity index (χ2v) is 4.47. The fourth-order valence-corrected chi connectivity index (χ4v) is 2.42. The highest BCUT2D eigenvalue weighted by Crippen LogP contribution is 2.31. The minimum absolute atomic E-state index is 0.0593. The SMILES string of the molecule is CN1CCc2[nH]c3c(F)cc(F)c(F)c3c2C1. The third-order valence-corrected chi connectivity index (χ3v) is 3.28. The highest BCUT2D eigenvalue weighted by Gasteiger charge is 2.24. The van der Waals surface area contributed by atoms with Gasteiger partial charge in [-0.05, 0) is 12.6 Å². The molecule has 0 amide bonds. The van der Waals surface area contributed by atoms with E-state index >= 15 is 0 Å². The number of halogens is 3. The topological polar surface area (TPSA) is 19.0 Å². The largest absolute Gasteiger partial charge is 0.356 e. The lowest BCUT2D eigenvalue weighted by molar-refractivity contribution is 0.312. The fourth-order valence-electron chi connectivity index (χ4n) is 2.42. The summed E-state index contributed by atoms with van der Waals surface area (Å²) in [6.45, 7) is 1.33. The number of H-pyrrole nitrogens is 1. The van der Waals surface area contributed by atoms with E-state index in [-0.39, 0.29) is 10.9 Å². The number of rotatable bonds is 0. The van der Waals surface area contributed by atoms with E-state index in [9.17, 15) is 13.2 Å². The van der Waals surface area contributed by atoms with Crippen molar-refractivity contribution in [1.82, 2.24) is 9.88 Å². The van der Waals surface area contributed by atoms with Gasteiger partial charge in [0.15, 0.2) is 11.6 Å². The smallest absolute Gasteiger partial charge is 0.168 e. The minimum atomic E-state index is -1.13. The zero-order valence-corrected chi connectivity index (χ0v) is 9.28. The Morgan fingerprint density at radius 2 is 2.00 bits per heavy atom. The molecule has 0 atom stereocenters. The highest BCUT2D eigenvalue weighted by molar-refractivity contribution is 5.86. The Hall–Kier alpha value is -1.49. The van der Waals surface area contributed by atoms with Crippen LogP contribution in [-0.2, 0) is 13.0 Å². The van der Waals surface area contributed by atoms with Crippen LogP contribution in [0.2, 0.25) is 0 Å². The monoisotopic (exact) mass is 240 g/mol. The van der Waals surface area contributed by atoms with E-state index in [1.807, 2.05) is 11.9 Å². The molecule has 2 aromatic rings. The zero-order chi connectivity index (χ0) is 12.2. The zero-order valence-electron chi connectivity index (χ0n) is 9.28. The lowest BCUT2D eigenvalue weighted by atomic mass is 10.0. The summed E-state index contributed by atoms with van der Waals surface area (Å²) in [4.78, 5) is 4.86. The number of nitrogens with zero attached hydrogens (tertiary/aromatic N) is 1. The van der Waals surface area contributed by atoms with Crippen LogP contribution in [0.1, 0.15) is 11.3 Å². The maximum absolute atomic E-state index is 13.7. The summed E-state index contributed by atoms with van der Waals surface area (Å²) in [5.74, 6) is -2.84. The molecule has 0 saturated heterocycles. The predicted octanol–water partition coefficient (Wildman–Crippen LogP) is 2.57. The molecule has 0 radical (unpaired) electrons. The minimum Gasteiger partial charge on any atom is -0.356 e. The van der Waals surface area contributed by atoms with E-state index in [1.165, 1.54) is 0 Å². The summed E-state index contributed by atoms with van der Waals surface area (Å²) >= 11 is 0. The van der Waals surface area contributed by atoms with E-state index in [0.717, 1.165) is 12.2 Å². The molecule has 1 aliphatic heterocycles. The predicted molar refractivity (Wildman–Crippen MR) is 58.2 cm³/mol. The maximum Gasteiger partial charge on any atom is 0.168 e. The van der Waals surface area contributed by atoms with Gasteiger partial charge in [0.1, 0.15) is 5.82 Å². The molecule has 0 spiro atoms. The first-order valence-electron chi connectivity index (χ1n) is 5.43. The summed E-state index contributed by atoms with van der Waals surface area (Å²) in [5, 5.41) is 0.0593. The van der Waals surface area contributed by atoms with Crippen molar-refractivity contribution in [1.29, 1.82) is 0 Å². The van der Waals surface area contributed by atoms with Crippen molar-refractivity contribution < 1.29 is 13.2 Å². The van der Waals surface area contributed by atoms with E-state index in [4.69, 9.17) is 0 Å². The quantitative estimate of drug-likeness (QED) is 0.701. The molecule has 1 aliphatic rings. The lowest BCUT2D eigenvalue weighted by Crippen LogP contribution is -2.26. The van der Waals surface area contributed by atoms with Crippen molar-refractivity contribution in [3.63, 3.8) is 0 Å². The standard InChI is InChI=1S/C12H11F3N2/c1-17-3-2-9-6(5-17)10-11(15)7(13)4-8(14)12(10)16-9/h4,16H,2-3,5H2,1H3. The molecule has 2 nitrogen and oxygen atoms in total. The first kappa shape index (κ1) is 10.7. The molecule has 90 valence electrons. The molecule has 0 fully saturated rings. The summed E-state index contributed by atoms with van der Waals surface area (Å²) in [6.07, 6.45) is 0.695. The Morgan fingerprint density at radius 3 is 2.76 bits per heavy atom. The van der Waals surface area contributed by atoms with Gasteiger partial charge in [-0.15, -0.1) is 0 Å². The number of hydrogen-bond acceptors (Lipinski definition) is 1. The number of fused-ring (bicyclic) bond motifs is 3. The van der Waals surface area contributed by atoms with E-state index in [2.05, 4.69) is 4.98 Å². The number of hydrogen-bond donors (Lipinski definition) is 1. The molecular weight excluding hydrogens is 229 g/mol. The van der Waals surface area contributed by atoms with Crippen LogP contribution in [0, 0.1) is 17.5 Å². The van der Waals surface area contributed by atoms with Crippen LogP contribution in [0.4, 0.5) is 13.2 Å². The van der Waals surface area contributed by atoms with Gasteiger partial charge >= 0.3 is 0 Å². The van der Waals surface area contributed by atoms with E-state index in [1.54, 1.807) is 0 Å². The van der Waals surface area contributed by atoms with Crippen molar-refractivity contribution in [2.45, 2.75) is 13.0 Å². The molecule has 2 heterocycles. The number of nitrogens with one attached hydrogen (secondary N) is 1. The molecule has 17 heavy (non-hydrogen) atoms. The van der Waals surface area contributed by atoms with Crippen molar-refractivity contribution in [3.05, 3.63) is 34.8 Å². The first-order chi connectivity index (χ1) is 8.08. The molecule has 0 unspecified atom stereocenters. The van der Waals surface area contributed by atoms with Crippen LogP contribution < -0.4 is 0 Å². The van der Waals surface area contributed by atoms with Crippen LogP contribution in [-0.4, -0.2) is 23.5 Å². The van der Waals surface area contributed by atoms with Crippen molar-refractivity contribution in [3.8, 4) is 0 Å². The Bertz CT molecular complexity index is 604. The molecule has 0 bridgehead atoms. The van der Waals surface area contributed by atoms with Gasteiger partial charge in [0.05, 0.1) is 5.52 Å². The highest BCUT2D eigenvalue weighted by atomic mass is 19.2. The van der Waals surface area contributed by atoms with Crippen molar-refractivity contribution in [2.24, 2.45) is 0 Å². The molecule has 1 aromatic heterocycles. The van der Waals surface area contributed by atoms with Gasteiger partial charge in [0.2, 0.25) is 0 Å². The van der Waals surface area contributed by atoms with Crippen LogP contribution in [0.5, 0.6) is 0 Å². The first-order valence-corrected chi connectivity index (χ1v) is 5.43. The molecule has 1 aromatic carbocycles. The number of aromatic amines is 1. The van der Waals surface area contributed by atoms with Crippen molar-refractivity contribution >= 4 is 10.9 Å². The van der Waals surface area contributed by atoms with Gasteiger partial charge in [0, 0.05) is 36.7 Å². The van der Waals surface area contributed by atoms with Gasteiger partial charge in [-0.2, -0.15) is 0 Å². The summed E-state index contributed by atoms with van der Waals surface area (Å²) < 4.78 is 40.5. The Labute approximate surface area is 96.0 Å². The third-order valence-electron chi connectivity index (χ3n) is 3.28. The van der Waals surface area contributed by atoms with Gasteiger partial charge in [-0.25, -0.2) is 13.2 Å². The second kappa shape index (κ2) is 3.50. The Kier molecular flexibility index (Phi) is 2.19. The Morgan fingerprint density at radius 1 is 1.24 bits per heavy atom. The normalized spacial score (nSPS) is 16.5. The fraction of sp³-hybridized carbons (Fsp3) is 0.333. The summed E-state index contributed by atoms with van der Waals surface area (Å²) in [7, 11) is 1.90. The molecule has 0 saturated carbocycles. The number of benzene rings is 1. The van der Waals surface area contributed by atoms with Crippen molar-refractivity contribution in [2.75, 3.05) is 13.6 Å². The average molecular weight is 240 g/mol. The number of aromatic nitrogens is 1. The molecule has 3 rings (SSSR count). The average Bonchev–Trinajstić information content (AvgIpc) is 2.65. The molecule has 5 heteroatoms. The second-order valence-electron chi connectivity index (χ2n) is 4.47. The Balaban J connectivity index is 2.37. The third kappa shape index (κ3) is 1.45. The lowest BCUT2D eigenvalue weighted by Gasteiger charge is -2.22. The van der Waals surface area contributed by atoms with Crippen LogP contribution in [0.15, 0.2) is 6.07 Å². The number of likely N-dealkylation sites (N-methyl/N-ethyl adjacent to an activating group) is 1. The van der Waals surface area contributed by atoms with Gasteiger partial charge in [-0.3, -0.25) is 0 Å². The van der Waals surface area contributed by atoms with Gasteiger partial charge in [-0.1, -0.05) is 0 Å². The summed E-state index contributed by atoms with van der Waals surface area (Å²) in [5.41, 5.74) is 1.55. The summed E-state index contributed by atoms with van der Waals surface area (Å²) in [6, 6.07) is 0.587. The van der Waals surface area contributed by atoms with Crippen LogP contribution >= 0.6 is 0 Å². The van der Waals surface area contributed by atoms with Crippen LogP contribution in [0.25, 0.3) is 10.9 Å². The molecular formula is C12H11F3N2.